The monoisotopic (exact) mass is 802 g/mol. The van der Waals surface area contributed by atoms with Crippen LogP contribution in [0.1, 0.15) is 27.8 Å². The summed E-state index contributed by atoms with van der Waals surface area (Å²) in [6.45, 7) is 0.533. The lowest BCUT2D eigenvalue weighted by molar-refractivity contribution is 1.07. The fraction of sp³-hybridized carbons (Fsp3) is 0.0164. The molecule has 11 rings (SSSR count). The Morgan fingerprint density at radius 2 is 0.714 bits per heavy atom. The highest BCUT2D eigenvalue weighted by Crippen LogP contribution is 2.46. The van der Waals surface area contributed by atoms with Gasteiger partial charge in [-0.15, -0.1) is 0 Å². The lowest BCUT2D eigenvalue weighted by Crippen LogP contribution is -2.04. The minimum Gasteiger partial charge on any atom is -0.279 e. The average Bonchev–Trinajstić information content (AvgIpc) is 3.36. The molecule has 0 saturated heterocycles. The molecular weight excluding hydrogens is 761 g/mol. The Bertz CT molecular complexity index is 3420. The third-order valence-electron chi connectivity index (χ3n) is 12.1. The fourth-order valence-corrected chi connectivity index (χ4v) is 9.07. The maximum Gasteiger partial charge on any atom is 0.0781 e. The summed E-state index contributed by atoms with van der Waals surface area (Å²) in [5.41, 5.74) is 13.1. The molecule has 11 aromatic rings. The number of hydrogen-bond donors (Lipinski definition) is 0. The molecular formula is C61H42N2. The zero-order valence-corrected chi connectivity index (χ0v) is 34.7. The van der Waals surface area contributed by atoms with E-state index in [1.54, 1.807) is 0 Å². The largest absolute Gasteiger partial charge is 0.279 e. The molecule has 296 valence electrons. The first-order valence-electron chi connectivity index (χ1n) is 21.6. The molecule has 0 spiro atoms. The molecule has 0 amide bonds. The molecule has 2 nitrogen and oxygen atoms in total. The molecule has 0 aliphatic carbocycles. The quantitative estimate of drug-likeness (QED) is 0.103. The van der Waals surface area contributed by atoms with E-state index in [-0.39, 0.29) is 0 Å². The number of aliphatic imine (C=N–C) groups is 2. The summed E-state index contributed by atoms with van der Waals surface area (Å²) in [7, 11) is 0. The molecule has 63 heavy (non-hydrogen) atoms. The molecule has 0 bridgehead atoms. The Morgan fingerprint density at radius 1 is 0.302 bits per heavy atom. The standard InChI is InChI=1S/C61H42N2/c1-5-19-45(20-6-1)60(46-21-7-2-8-22-46)62-41-42-29-35-54-56(37-42)58(51-32-30-43-17-13-15-27-49(43)38-51)55-36-34-53(63-61(47-23-9-3-10-24-47)48-25-11-4-12-26-48)40-57(55)59(54)52-33-31-44-18-14-16-28-50(44)39-52/h1-40H,41H2. The van der Waals surface area contributed by atoms with Crippen molar-refractivity contribution in [3.63, 3.8) is 0 Å². The Labute approximate surface area is 367 Å². The van der Waals surface area contributed by atoms with Crippen molar-refractivity contribution < 1.29 is 0 Å². The highest BCUT2D eigenvalue weighted by atomic mass is 14.8. The minimum absolute atomic E-state index is 0.533. The van der Waals surface area contributed by atoms with Gasteiger partial charge in [0.2, 0.25) is 0 Å². The van der Waals surface area contributed by atoms with Crippen LogP contribution in [0.4, 0.5) is 5.69 Å². The Balaban J connectivity index is 1.19. The van der Waals surface area contributed by atoms with Gasteiger partial charge in [0.05, 0.1) is 23.7 Å². The van der Waals surface area contributed by atoms with E-state index >= 15 is 0 Å². The zero-order valence-electron chi connectivity index (χ0n) is 34.7. The van der Waals surface area contributed by atoms with Gasteiger partial charge in [-0.25, -0.2) is 4.99 Å². The topological polar surface area (TPSA) is 24.7 Å². The molecule has 0 saturated carbocycles. The van der Waals surface area contributed by atoms with Gasteiger partial charge in [-0.1, -0.05) is 212 Å². The maximum absolute atomic E-state index is 5.46. The fourth-order valence-electron chi connectivity index (χ4n) is 9.07. The van der Waals surface area contributed by atoms with Gasteiger partial charge in [0.1, 0.15) is 0 Å². The van der Waals surface area contributed by atoms with Gasteiger partial charge in [-0.2, -0.15) is 0 Å². The molecule has 0 unspecified atom stereocenters. The van der Waals surface area contributed by atoms with Crippen molar-refractivity contribution in [1.82, 2.24) is 0 Å². The molecule has 0 aromatic heterocycles. The van der Waals surface area contributed by atoms with Crippen LogP contribution in [-0.2, 0) is 6.54 Å². The first kappa shape index (κ1) is 37.8. The number of nitrogens with zero attached hydrogens (tertiary/aromatic N) is 2. The number of benzene rings is 11. The molecule has 0 radical (unpaired) electrons. The van der Waals surface area contributed by atoms with Crippen molar-refractivity contribution in [2.75, 3.05) is 0 Å². The SMILES string of the molecule is c1ccc(C(=NCc2ccc3c(-c4ccc5ccccc5c4)c4cc(N=C(c5ccccc5)c5ccccc5)ccc4c(-c4ccc5ccccc5c4)c3c2)c2ccccc2)cc1. The summed E-state index contributed by atoms with van der Waals surface area (Å²) in [6.07, 6.45) is 0. The van der Waals surface area contributed by atoms with Crippen LogP contribution < -0.4 is 0 Å². The highest BCUT2D eigenvalue weighted by Gasteiger charge is 2.19. The molecule has 11 aromatic carbocycles. The molecule has 0 aliphatic heterocycles. The second-order valence-electron chi connectivity index (χ2n) is 16.1. The van der Waals surface area contributed by atoms with Crippen molar-refractivity contribution in [2.24, 2.45) is 9.98 Å². The van der Waals surface area contributed by atoms with Crippen LogP contribution in [0.15, 0.2) is 253 Å². The summed E-state index contributed by atoms with van der Waals surface area (Å²) >= 11 is 0. The maximum atomic E-state index is 5.46. The van der Waals surface area contributed by atoms with Crippen LogP contribution in [0.25, 0.3) is 65.3 Å². The van der Waals surface area contributed by atoms with Gasteiger partial charge in [0.15, 0.2) is 0 Å². The zero-order chi connectivity index (χ0) is 42.0. The minimum atomic E-state index is 0.533. The van der Waals surface area contributed by atoms with Crippen LogP contribution >= 0.6 is 0 Å². The van der Waals surface area contributed by atoms with E-state index in [1.807, 2.05) is 0 Å². The number of hydrogen-bond acceptors (Lipinski definition) is 2. The van der Waals surface area contributed by atoms with Crippen LogP contribution in [0.5, 0.6) is 0 Å². The molecule has 0 aliphatic rings. The van der Waals surface area contributed by atoms with Gasteiger partial charge in [0, 0.05) is 22.3 Å². The summed E-state index contributed by atoms with van der Waals surface area (Å²) < 4.78 is 0. The van der Waals surface area contributed by atoms with Crippen LogP contribution in [-0.4, -0.2) is 11.4 Å². The summed E-state index contributed by atoms with van der Waals surface area (Å²) in [4.78, 5) is 10.8. The predicted molar refractivity (Wildman–Crippen MR) is 268 cm³/mol. The lowest BCUT2D eigenvalue weighted by atomic mass is 9.84. The molecule has 2 heteroatoms. The van der Waals surface area contributed by atoms with Crippen LogP contribution in [0.3, 0.4) is 0 Å². The van der Waals surface area contributed by atoms with Crippen molar-refractivity contribution in [3.8, 4) is 22.3 Å². The Kier molecular flexibility index (Phi) is 10.0. The molecule has 0 atom stereocenters. The summed E-state index contributed by atoms with van der Waals surface area (Å²) in [6, 6.07) is 86.8. The van der Waals surface area contributed by atoms with E-state index in [4.69, 9.17) is 9.98 Å². The third-order valence-corrected chi connectivity index (χ3v) is 12.1. The van der Waals surface area contributed by atoms with E-state index in [9.17, 15) is 0 Å². The Hall–Kier alpha value is -8.20. The average molecular weight is 803 g/mol. The second-order valence-corrected chi connectivity index (χ2v) is 16.1. The molecule has 0 fully saturated rings. The predicted octanol–water partition coefficient (Wildman–Crippen LogP) is 15.8. The van der Waals surface area contributed by atoms with E-state index < -0.39 is 0 Å². The second kappa shape index (κ2) is 16.7. The van der Waals surface area contributed by atoms with Gasteiger partial charge in [-0.3, -0.25) is 4.99 Å². The van der Waals surface area contributed by atoms with Crippen molar-refractivity contribution in [2.45, 2.75) is 6.54 Å². The van der Waals surface area contributed by atoms with Crippen molar-refractivity contribution in [3.05, 3.63) is 270 Å². The summed E-state index contributed by atoms with van der Waals surface area (Å²) in [5, 5.41) is 9.57. The Morgan fingerprint density at radius 3 is 1.21 bits per heavy atom. The van der Waals surface area contributed by atoms with Gasteiger partial charge >= 0.3 is 0 Å². The summed E-state index contributed by atoms with van der Waals surface area (Å²) in [5.74, 6) is 0. The molecule has 0 heterocycles. The van der Waals surface area contributed by atoms with Gasteiger partial charge in [-0.05, 0) is 101 Å². The molecule has 0 N–H and O–H groups in total. The lowest BCUT2D eigenvalue weighted by Gasteiger charge is -2.20. The smallest absolute Gasteiger partial charge is 0.0781 e. The normalized spacial score (nSPS) is 11.2. The number of fused-ring (bicyclic) bond motifs is 4. The van der Waals surface area contributed by atoms with E-state index in [2.05, 4.69) is 243 Å². The van der Waals surface area contributed by atoms with E-state index in [0.717, 1.165) is 50.3 Å². The first-order valence-corrected chi connectivity index (χ1v) is 21.6. The highest BCUT2D eigenvalue weighted by molar-refractivity contribution is 6.23. The van der Waals surface area contributed by atoms with Gasteiger partial charge in [0.25, 0.3) is 0 Å². The van der Waals surface area contributed by atoms with Crippen molar-refractivity contribution in [1.29, 1.82) is 0 Å². The third kappa shape index (κ3) is 7.49. The number of rotatable bonds is 9. The van der Waals surface area contributed by atoms with Gasteiger partial charge < -0.3 is 0 Å². The van der Waals surface area contributed by atoms with Crippen molar-refractivity contribution >= 4 is 60.2 Å². The van der Waals surface area contributed by atoms with Crippen LogP contribution in [0.2, 0.25) is 0 Å². The van der Waals surface area contributed by atoms with E-state index in [0.29, 0.717) is 6.54 Å². The van der Waals surface area contributed by atoms with E-state index in [1.165, 1.54) is 60.0 Å². The first-order chi connectivity index (χ1) is 31.2. The van der Waals surface area contributed by atoms with Crippen LogP contribution in [0, 0.1) is 0 Å².